The van der Waals surface area contributed by atoms with Crippen LogP contribution < -0.4 is 4.90 Å². The predicted molar refractivity (Wildman–Crippen MR) is 90.9 cm³/mol. The van der Waals surface area contributed by atoms with Crippen molar-refractivity contribution in [3.63, 3.8) is 0 Å². The van der Waals surface area contributed by atoms with E-state index in [1.807, 2.05) is 6.07 Å². The maximum absolute atomic E-state index is 5.12. The van der Waals surface area contributed by atoms with Crippen LogP contribution in [0.25, 0.3) is 22.4 Å². The van der Waals surface area contributed by atoms with Crippen LogP contribution in [0.2, 0.25) is 0 Å². The lowest BCUT2D eigenvalue weighted by molar-refractivity contribution is 0.558. The van der Waals surface area contributed by atoms with Crippen LogP contribution in [0, 0.1) is 0 Å². The van der Waals surface area contributed by atoms with Crippen molar-refractivity contribution >= 4 is 5.69 Å². The van der Waals surface area contributed by atoms with Gasteiger partial charge in [-0.1, -0.05) is 36.4 Å². The van der Waals surface area contributed by atoms with E-state index < -0.39 is 0 Å². The average Bonchev–Trinajstić information content (AvgIpc) is 3.11. The first-order chi connectivity index (χ1) is 10.8. The molecule has 1 heterocycles. The Kier molecular flexibility index (Phi) is 4.24. The van der Waals surface area contributed by atoms with Crippen molar-refractivity contribution in [3.8, 4) is 22.4 Å². The standard InChI is InChI=1S/C19H20N2O/c1-3-21(4-2)16-11-9-15(10-12-16)17-7-5-6-8-18(17)19-13-22-14-20-19/h5-14H,3-4H2,1-2H3. The summed E-state index contributed by atoms with van der Waals surface area (Å²) in [4.78, 5) is 6.61. The molecule has 0 aliphatic carbocycles. The van der Waals surface area contributed by atoms with Crippen LogP contribution in [0.5, 0.6) is 0 Å². The molecule has 0 aliphatic heterocycles. The lowest BCUT2D eigenvalue weighted by atomic mass is 9.98. The molecule has 0 bridgehead atoms. The second-order valence-corrected chi connectivity index (χ2v) is 5.14. The van der Waals surface area contributed by atoms with E-state index in [1.165, 1.54) is 23.2 Å². The monoisotopic (exact) mass is 292 g/mol. The summed E-state index contributed by atoms with van der Waals surface area (Å²) in [5, 5.41) is 0. The first-order valence-electron chi connectivity index (χ1n) is 7.66. The maximum Gasteiger partial charge on any atom is 0.181 e. The van der Waals surface area contributed by atoms with E-state index in [-0.39, 0.29) is 0 Å². The number of hydrogen-bond donors (Lipinski definition) is 0. The number of nitrogens with zero attached hydrogens (tertiary/aromatic N) is 2. The van der Waals surface area contributed by atoms with E-state index in [0.717, 1.165) is 24.3 Å². The van der Waals surface area contributed by atoms with Crippen molar-refractivity contribution in [2.75, 3.05) is 18.0 Å². The SMILES string of the molecule is CCN(CC)c1ccc(-c2ccccc2-c2cocn2)cc1. The number of rotatable bonds is 5. The molecule has 0 aliphatic rings. The van der Waals surface area contributed by atoms with Gasteiger partial charge in [-0.05, 0) is 37.1 Å². The van der Waals surface area contributed by atoms with Gasteiger partial charge in [-0.15, -0.1) is 0 Å². The number of aromatic nitrogens is 1. The molecule has 3 rings (SSSR count). The van der Waals surface area contributed by atoms with Gasteiger partial charge in [0.15, 0.2) is 6.39 Å². The molecule has 1 aromatic heterocycles. The van der Waals surface area contributed by atoms with Crippen molar-refractivity contribution in [2.45, 2.75) is 13.8 Å². The quantitative estimate of drug-likeness (QED) is 0.673. The third kappa shape index (κ3) is 2.75. The molecule has 22 heavy (non-hydrogen) atoms. The zero-order chi connectivity index (χ0) is 15.4. The van der Waals surface area contributed by atoms with E-state index in [2.05, 4.69) is 66.2 Å². The highest BCUT2D eigenvalue weighted by Gasteiger charge is 2.09. The summed E-state index contributed by atoms with van der Waals surface area (Å²) < 4.78 is 5.12. The molecule has 0 radical (unpaired) electrons. The Morgan fingerprint density at radius 3 is 2.18 bits per heavy atom. The molecule has 0 amide bonds. The molecule has 0 spiro atoms. The molecule has 0 fully saturated rings. The zero-order valence-corrected chi connectivity index (χ0v) is 13.0. The highest BCUT2D eigenvalue weighted by molar-refractivity contribution is 5.82. The number of anilines is 1. The van der Waals surface area contributed by atoms with Gasteiger partial charge in [-0.25, -0.2) is 4.98 Å². The van der Waals surface area contributed by atoms with Crippen LogP contribution in [-0.4, -0.2) is 18.1 Å². The van der Waals surface area contributed by atoms with Gasteiger partial charge < -0.3 is 9.32 Å². The van der Waals surface area contributed by atoms with Gasteiger partial charge in [0.2, 0.25) is 0 Å². The minimum atomic E-state index is 0.864. The summed E-state index contributed by atoms with van der Waals surface area (Å²) in [7, 11) is 0. The fourth-order valence-corrected chi connectivity index (χ4v) is 2.74. The van der Waals surface area contributed by atoms with Crippen molar-refractivity contribution in [1.82, 2.24) is 4.98 Å². The lowest BCUT2D eigenvalue weighted by Crippen LogP contribution is -2.21. The second kappa shape index (κ2) is 6.48. The Labute approximate surface area is 131 Å². The van der Waals surface area contributed by atoms with Gasteiger partial charge in [0.25, 0.3) is 0 Å². The summed E-state index contributed by atoms with van der Waals surface area (Å²) in [6.45, 7) is 6.39. The van der Waals surface area contributed by atoms with Gasteiger partial charge in [-0.2, -0.15) is 0 Å². The molecule has 3 aromatic rings. The highest BCUT2D eigenvalue weighted by Crippen LogP contribution is 2.32. The van der Waals surface area contributed by atoms with Gasteiger partial charge in [0.1, 0.15) is 12.0 Å². The molecule has 2 aromatic carbocycles. The Morgan fingerprint density at radius 1 is 0.909 bits per heavy atom. The van der Waals surface area contributed by atoms with Gasteiger partial charge >= 0.3 is 0 Å². The van der Waals surface area contributed by atoms with E-state index in [0.29, 0.717) is 0 Å². The van der Waals surface area contributed by atoms with Gasteiger partial charge in [-0.3, -0.25) is 0 Å². The number of benzene rings is 2. The molecule has 112 valence electrons. The molecule has 0 unspecified atom stereocenters. The first-order valence-corrected chi connectivity index (χ1v) is 7.66. The molecule has 3 heteroatoms. The zero-order valence-electron chi connectivity index (χ0n) is 13.0. The highest BCUT2D eigenvalue weighted by atomic mass is 16.3. The topological polar surface area (TPSA) is 29.3 Å². The molecular weight excluding hydrogens is 272 g/mol. The van der Waals surface area contributed by atoms with Crippen LogP contribution in [0.1, 0.15) is 13.8 Å². The molecular formula is C19H20N2O. The van der Waals surface area contributed by atoms with Crippen LogP contribution in [0.15, 0.2) is 65.6 Å². The van der Waals surface area contributed by atoms with Crippen molar-refractivity contribution < 1.29 is 4.42 Å². The minimum Gasteiger partial charge on any atom is -0.451 e. The summed E-state index contributed by atoms with van der Waals surface area (Å²) in [5.41, 5.74) is 5.57. The van der Waals surface area contributed by atoms with Gasteiger partial charge in [0, 0.05) is 24.3 Å². The molecule has 0 saturated carbocycles. The Hall–Kier alpha value is -2.55. The maximum atomic E-state index is 5.12. The number of oxazole rings is 1. The van der Waals surface area contributed by atoms with Crippen LogP contribution in [0.4, 0.5) is 5.69 Å². The average molecular weight is 292 g/mol. The van der Waals surface area contributed by atoms with Crippen LogP contribution in [0.3, 0.4) is 0 Å². The predicted octanol–water partition coefficient (Wildman–Crippen LogP) is 4.85. The Morgan fingerprint density at radius 2 is 1.59 bits per heavy atom. The van der Waals surface area contributed by atoms with Crippen molar-refractivity contribution in [3.05, 3.63) is 61.2 Å². The summed E-state index contributed by atoms with van der Waals surface area (Å²) in [6, 6.07) is 17.0. The Bertz CT molecular complexity index is 713. The first kappa shape index (κ1) is 14.4. The third-order valence-corrected chi connectivity index (χ3v) is 3.94. The molecule has 3 nitrogen and oxygen atoms in total. The fourth-order valence-electron chi connectivity index (χ4n) is 2.74. The van der Waals surface area contributed by atoms with Crippen molar-refractivity contribution in [1.29, 1.82) is 0 Å². The van der Waals surface area contributed by atoms with E-state index >= 15 is 0 Å². The second-order valence-electron chi connectivity index (χ2n) is 5.14. The molecule has 0 saturated heterocycles. The third-order valence-electron chi connectivity index (χ3n) is 3.94. The van der Waals surface area contributed by atoms with Crippen molar-refractivity contribution in [2.24, 2.45) is 0 Å². The summed E-state index contributed by atoms with van der Waals surface area (Å²) >= 11 is 0. The smallest absolute Gasteiger partial charge is 0.181 e. The van der Waals surface area contributed by atoms with Crippen LogP contribution >= 0.6 is 0 Å². The molecule has 0 atom stereocenters. The molecule has 0 N–H and O–H groups in total. The van der Waals surface area contributed by atoms with Crippen LogP contribution in [-0.2, 0) is 0 Å². The van der Waals surface area contributed by atoms with Gasteiger partial charge in [0.05, 0.1) is 0 Å². The number of hydrogen-bond acceptors (Lipinski definition) is 3. The van der Waals surface area contributed by atoms with E-state index in [4.69, 9.17) is 4.42 Å². The normalized spacial score (nSPS) is 10.6. The fraction of sp³-hybridized carbons (Fsp3) is 0.211. The van der Waals surface area contributed by atoms with E-state index in [1.54, 1.807) is 6.26 Å². The summed E-state index contributed by atoms with van der Waals surface area (Å²) in [5.74, 6) is 0. The minimum absolute atomic E-state index is 0.864. The largest absolute Gasteiger partial charge is 0.451 e. The van der Waals surface area contributed by atoms with E-state index in [9.17, 15) is 0 Å². The Balaban J connectivity index is 1.99. The lowest BCUT2D eigenvalue weighted by Gasteiger charge is -2.21. The summed E-state index contributed by atoms with van der Waals surface area (Å²) in [6.07, 6.45) is 3.15.